The monoisotopic (exact) mass is 412 g/mol. The summed E-state index contributed by atoms with van der Waals surface area (Å²) in [5, 5.41) is 0. The number of hydrogen-bond donors (Lipinski definition) is 1. The zero-order valence-corrected chi connectivity index (χ0v) is 17.3. The van der Waals surface area contributed by atoms with Crippen LogP contribution in [0.1, 0.15) is 30.6 Å². The largest absolute Gasteiger partial charge is 0.384 e. The number of sulfonamides is 1. The fourth-order valence-corrected chi connectivity index (χ4v) is 4.70. The van der Waals surface area contributed by atoms with Crippen LogP contribution in [-0.2, 0) is 10.0 Å². The quantitative estimate of drug-likeness (QED) is 0.597. The van der Waals surface area contributed by atoms with Gasteiger partial charge in [-0.25, -0.2) is 13.4 Å². The molecule has 152 valence electrons. The number of nitrogens with zero attached hydrogens (tertiary/aromatic N) is 3. The van der Waals surface area contributed by atoms with E-state index in [0.717, 1.165) is 5.69 Å². The van der Waals surface area contributed by atoms with Crippen molar-refractivity contribution in [2.45, 2.75) is 31.2 Å². The zero-order valence-electron chi connectivity index (χ0n) is 16.5. The molecular formula is C21H24N4O3S. The molecule has 0 radical (unpaired) electrons. The van der Waals surface area contributed by atoms with E-state index in [4.69, 9.17) is 5.73 Å². The number of rotatable bonds is 5. The predicted molar refractivity (Wildman–Crippen MR) is 113 cm³/mol. The third-order valence-corrected chi connectivity index (χ3v) is 6.74. The third-order valence-electron chi connectivity index (χ3n) is 4.89. The van der Waals surface area contributed by atoms with Gasteiger partial charge in [0.25, 0.3) is 0 Å². The Hall–Kier alpha value is -2.89. The van der Waals surface area contributed by atoms with Gasteiger partial charge in [-0.05, 0) is 43.3 Å². The molecule has 1 aliphatic rings. The molecule has 0 unspecified atom stereocenters. The maximum atomic E-state index is 13.0. The van der Waals surface area contributed by atoms with Gasteiger partial charge in [-0.3, -0.25) is 4.79 Å². The van der Waals surface area contributed by atoms with E-state index in [-0.39, 0.29) is 29.1 Å². The van der Waals surface area contributed by atoms with Crippen molar-refractivity contribution < 1.29 is 13.2 Å². The van der Waals surface area contributed by atoms with Gasteiger partial charge in [0.15, 0.2) is 5.78 Å². The van der Waals surface area contributed by atoms with Crippen LogP contribution in [0.2, 0.25) is 0 Å². The SMILES string of the molecule is CC#C[C@H]1CN(S(=O)(=O)c2ccc(N)nc2)CCN1c1ccc(C(=O)CC)cc1. The van der Waals surface area contributed by atoms with E-state index in [2.05, 4.69) is 21.7 Å². The van der Waals surface area contributed by atoms with Crippen molar-refractivity contribution in [1.29, 1.82) is 0 Å². The van der Waals surface area contributed by atoms with E-state index in [0.29, 0.717) is 25.1 Å². The highest BCUT2D eigenvalue weighted by Crippen LogP contribution is 2.25. The summed E-state index contributed by atoms with van der Waals surface area (Å²) >= 11 is 0. The summed E-state index contributed by atoms with van der Waals surface area (Å²) in [6, 6.07) is 10.0. The van der Waals surface area contributed by atoms with Crippen molar-refractivity contribution in [3.8, 4) is 11.8 Å². The average Bonchev–Trinajstić information content (AvgIpc) is 2.74. The molecule has 0 amide bonds. The molecular weight excluding hydrogens is 388 g/mol. The van der Waals surface area contributed by atoms with E-state index >= 15 is 0 Å². The van der Waals surface area contributed by atoms with E-state index < -0.39 is 10.0 Å². The normalized spacial score (nSPS) is 17.4. The molecule has 2 heterocycles. The summed E-state index contributed by atoms with van der Waals surface area (Å²) in [5.41, 5.74) is 7.15. The Bertz CT molecular complexity index is 1040. The Balaban J connectivity index is 1.83. The zero-order chi connectivity index (χ0) is 21.0. The smallest absolute Gasteiger partial charge is 0.244 e. The number of carbonyl (C=O) groups excluding carboxylic acids is 1. The lowest BCUT2D eigenvalue weighted by atomic mass is 10.1. The number of nitrogen functional groups attached to an aromatic ring is 1. The Morgan fingerprint density at radius 2 is 1.93 bits per heavy atom. The lowest BCUT2D eigenvalue weighted by molar-refractivity contribution is 0.0988. The lowest BCUT2D eigenvalue weighted by Gasteiger charge is -2.39. The van der Waals surface area contributed by atoms with E-state index in [9.17, 15) is 13.2 Å². The minimum atomic E-state index is -3.68. The van der Waals surface area contributed by atoms with Gasteiger partial charge in [0.2, 0.25) is 10.0 Å². The molecule has 29 heavy (non-hydrogen) atoms. The summed E-state index contributed by atoms with van der Waals surface area (Å²) < 4.78 is 27.4. The van der Waals surface area contributed by atoms with Gasteiger partial charge in [0.05, 0.1) is 0 Å². The summed E-state index contributed by atoms with van der Waals surface area (Å²) in [6.07, 6.45) is 1.74. The lowest BCUT2D eigenvalue weighted by Crippen LogP contribution is -2.54. The number of piperazine rings is 1. The fraction of sp³-hybridized carbons (Fsp3) is 0.333. The second-order valence-electron chi connectivity index (χ2n) is 6.71. The molecule has 3 rings (SSSR count). The highest BCUT2D eigenvalue weighted by Gasteiger charge is 2.34. The Labute approximate surface area is 171 Å². The minimum absolute atomic E-state index is 0.0921. The van der Waals surface area contributed by atoms with Crippen LogP contribution in [0.4, 0.5) is 11.5 Å². The third kappa shape index (κ3) is 4.42. The van der Waals surface area contributed by atoms with Crippen LogP contribution in [0.15, 0.2) is 47.5 Å². The van der Waals surface area contributed by atoms with Gasteiger partial charge in [-0.2, -0.15) is 4.31 Å². The highest BCUT2D eigenvalue weighted by atomic mass is 32.2. The highest BCUT2D eigenvalue weighted by molar-refractivity contribution is 7.89. The van der Waals surface area contributed by atoms with Gasteiger partial charge >= 0.3 is 0 Å². The summed E-state index contributed by atoms with van der Waals surface area (Å²) in [6.45, 7) is 4.62. The van der Waals surface area contributed by atoms with Crippen molar-refractivity contribution in [2.24, 2.45) is 0 Å². The Morgan fingerprint density at radius 3 is 2.52 bits per heavy atom. The Morgan fingerprint density at radius 1 is 1.21 bits per heavy atom. The van der Waals surface area contributed by atoms with Crippen molar-refractivity contribution >= 4 is 27.3 Å². The van der Waals surface area contributed by atoms with Gasteiger partial charge < -0.3 is 10.6 Å². The molecule has 0 aliphatic carbocycles. The molecule has 1 fully saturated rings. The van der Waals surface area contributed by atoms with Crippen LogP contribution in [0.3, 0.4) is 0 Å². The number of anilines is 2. The Kier molecular flexibility index (Phi) is 6.20. The number of benzene rings is 1. The van der Waals surface area contributed by atoms with Gasteiger partial charge in [0, 0.05) is 43.5 Å². The number of Topliss-reactive ketones (excluding diaryl/α,β-unsaturated/α-hetero) is 1. The van der Waals surface area contributed by atoms with Gasteiger partial charge in [-0.15, -0.1) is 5.92 Å². The first-order chi connectivity index (χ1) is 13.9. The summed E-state index contributed by atoms with van der Waals surface area (Å²) in [7, 11) is -3.68. The van der Waals surface area contributed by atoms with Crippen molar-refractivity contribution in [3.63, 3.8) is 0 Å². The fourth-order valence-electron chi connectivity index (χ4n) is 3.31. The first-order valence-electron chi connectivity index (χ1n) is 9.40. The first-order valence-corrected chi connectivity index (χ1v) is 10.8. The molecule has 0 bridgehead atoms. The molecule has 1 atom stereocenters. The first kappa shape index (κ1) is 20.8. The maximum Gasteiger partial charge on any atom is 0.244 e. The van der Waals surface area contributed by atoms with Crippen molar-refractivity contribution in [3.05, 3.63) is 48.2 Å². The van der Waals surface area contributed by atoms with Crippen LogP contribution in [-0.4, -0.2) is 49.2 Å². The maximum absolute atomic E-state index is 13.0. The molecule has 0 saturated carbocycles. The van der Waals surface area contributed by atoms with Crippen LogP contribution >= 0.6 is 0 Å². The molecule has 8 heteroatoms. The summed E-state index contributed by atoms with van der Waals surface area (Å²) in [5.74, 6) is 6.37. The number of ketones is 1. The second-order valence-corrected chi connectivity index (χ2v) is 8.65. The molecule has 1 aromatic carbocycles. The summed E-state index contributed by atoms with van der Waals surface area (Å²) in [4.78, 5) is 17.9. The molecule has 1 saturated heterocycles. The predicted octanol–water partition coefficient (Wildman–Crippen LogP) is 2.16. The van der Waals surface area contributed by atoms with E-state index in [1.807, 2.05) is 19.1 Å². The molecule has 1 aliphatic heterocycles. The van der Waals surface area contributed by atoms with Gasteiger partial charge in [0.1, 0.15) is 16.8 Å². The number of aromatic nitrogens is 1. The second kappa shape index (κ2) is 8.64. The molecule has 1 aromatic heterocycles. The number of nitrogens with two attached hydrogens (primary N) is 1. The number of pyridine rings is 1. The molecule has 0 spiro atoms. The van der Waals surface area contributed by atoms with Crippen molar-refractivity contribution in [1.82, 2.24) is 9.29 Å². The molecule has 2 N–H and O–H groups in total. The van der Waals surface area contributed by atoms with E-state index in [1.54, 1.807) is 19.1 Å². The number of hydrogen-bond acceptors (Lipinski definition) is 6. The van der Waals surface area contributed by atoms with Crippen LogP contribution in [0, 0.1) is 11.8 Å². The van der Waals surface area contributed by atoms with Crippen molar-refractivity contribution in [2.75, 3.05) is 30.3 Å². The molecule has 7 nitrogen and oxygen atoms in total. The van der Waals surface area contributed by atoms with Crippen LogP contribution in [0.5, 0.6) is 0 Å². The average molecular weight is 413 g/mol. The topological polar surface area (TPSA) is 96.6 Å². The van der Waals surface area contributed by atoms with E-state index in [1.165, 1.54) is 22.6 Å². The minimum Gasteiger partial charge on any atom is -0.384 e. The number of carbonyl (C=O) groups is 1. The molecule has 2 aromatic rings. The van der Waals surface area contributed by atoms with Crippen LogP contribution < -0.4 is 10.6 Å². The van der Waals surface area contributed by atoms with Crippen LogP contribution in [0.25, 0.3) is 0 Å². The van der Waals surface area contributed by atoms with Gasteiger partial charge in [-0.1, -0.05) is 12.8 Å². The standard InChI is InChI=1S/C21H24N4O3S/c1-3-5-18-15-24(29(27,28)19-10-11-21(22)23-14-19)12-13-25(18)17-8-6-16(7-9-17)20(26)4-2/h6-11,14,18H,4,12-13,15H2,1-2H3,(H2,22,23)/t18-/m0/s1.